The van der Waals surface area contributed by atoms with E-state index in [0.29, 0.717) is 5.76 Å². The first kappa shape index (κ1) is 6.97. The topological polar surface area (TPSA) is 38.9 Å². The Kier molecular flexibility index (Phi) is 1.59. The Morgan fingerprint density at radius 1 is 1.25 bits per heavy atom. The summed E-state index contributed by atoms with van der Waals surface area (Å²) in [7, 11) is 0. The predicted molar refractivity (Wildman–Crippen MR) is 39.7 cm³/mol. The Bertz CT molecular complexity index is 372. The molecule has 4 heteroatoms. The lowest BCUT2D eigenvalue weighted by Crippen LogP contribution is -1.89. The fourth-order valence-corrected chi connectivity index (χ4v) is 0.900. The Labute approximate surface area is 67.9 Å². The van der Waals surface area contributed by atoms with Gasteiger partial charge in [-0.15, -0.1) is 0 Å². The average molecular weight is 164 g/mol. The molecule has 0 aliphatic heterocycles. The van der Waals surface area contributed by atoms with Crippen molar-refractivity contribution in [3.05, 3.63) is 36.7 Å². The van der Waals surface area contributed by atoms with Gasteiger partial charge in [-0.2, -0.15) is 4.39 Å². The van der Waals surface area contributed by atoms with E-state index < -0.39 is 5.95 Å². The standard InChI is InChI=1S/C8H5FN2O/c9-8-7(10-3-4-11-8)6-2-1-5-12-6/h1-5H. The molecule has 2 heterocycles. The van der Waals surface area contributed by atoms with Gasteiger partial charge in [0.25, 0.3) is 0 Å². The number of hydrogen-bond donors (Lipinski definition) is 0. The monoisotopic (exact) mass is 164 g/mol. The molecule has 0 saturated carbocycles. The third-order valence-corrected chi connectivity index (χ3v) is 1.41. The van der Waals surface area contributed by atoms with Crippen LogP contribution in [0.15, 0.2) is 35.2 Å². The van der Waals surface area contributed by atoms with Crippen molar-refractivity contribution >= 4 is 0 Å². The maximum atomic E-state index is 12.9. The Morgan fingerprint density at radius 3 is 2.75 bits per heavy atom. The van der Waals surface area contributed by atoms with Gasteiger partial charge in [0.1, 0.15) is 0 Å². The molecule has 0 bridgehead atoms. The van der Waals surface area contributed by atoms with Crippen molar-refractivity contribution in [2.45, 2.75) is 0 Å². The van der Waals surface area contributed by atoms with Crippen LogP contribution < -0.4 is 0 Å². The molecule has 0 fully saturated rings. The van der Waals surface area contributed by atoms with Crippen molar-refractivity contribution in [3.8, 4) is 11.5 Å². The molecule has 60 valence electrons. The van der Waals surface area contributed by atoms with Crippen molar-refractivity contribution in [1.29, 1.82) is 0 Å². The second-order valence-corrected chi connectivity index (χ2v) is 2.17. The van der Waals surface area contributed by atoms with Crippen LogP contribution in [0.25, 0.3) is 11.5 Å². The van der Waals surface area contributed by atoms with Crippen molar-refractivity contribution in [2.24, 2.45) is 0 Å². The zero-order chi connectivity index (χ0) is 8.39. The quantitative estimate of drug-likeness (QED) is 0.645. The van der Waals surface area contributed by atoms with Gasteiger partial charge in [-0.05, 0) is 12.1 Å². The first-order valence-electron chi connectivity index (χ1n) is 3.38. The summed E-state index contributed by atoms with van der Waals surface area (Å²) in [5, 5.41) is 0. The van der Waals surface area contributed by atoms with Crippen LogP contribution in [-0.2, 0) is 0 Å². The highest BCUT2D eigenvalue weighted by atomic mass is 19.1. The molecule has 0 spiro atoms. The molecule has 0 aliphatic carbocycles. The molecule has 0 atom stereocenters. The minimum Gasteiger partial charge on any atom is -0.463 e. The van der Waals surface area contributed by atoms with Gasteiger partial charge >= 0.3 is 0 Å². The van der Waals surface area contributed by atoms with E-state index in [-0.39, 0.29) is 5.69 Å². The molecular formula is C8H5FN2O. The van der Waals surface area contributed by atoms with Crippen LogP contribution >= 0.6 is 0 Å². The normalized spacial score (nSPS) is 10.1. The summed E-state index contributed by atoms with van der Waals surface area (Å²) in [6, 6.07) is 3.30. The van der Waals surface area contributed by atoms with Gasteiger partial charge in [-0.3, -0.25) is 0 Å². The summed E-state index contributed by atoms with van der Waals surface area (Å²) in [5.41, 5.74) is 0.141. The van der Waals surface area contributed by atoms with Crippen LogP contribution in [0.1, 0.15) is 0 Å². The van der Waals surface area contributed by atoms with Crippen molar-refractivity contribution in [1.82, 2.24) is 9.97 Å². The summed E-state index contributed by atoms with van der Waals surface area (Å²) < 4.78 is 17.9. The van der Waals surface area contributed by atoms with E-state index in [4.69, 9.17) is 4.42 Å². The van der Waals surface area contributed by atoms with Gasteiger partial charge in [-0.25, -0.2) is 9.97 Å². The molecule has 0 N–H and O–H groups in total. The third-order valence-electron chi connectivity index (χ3n) is 1.41. The largest absolute Gasteiger partial charge is 0.463 e. The van der Waals surface area contributed by atoms with Crippen molar-refractivity contribution in [3.63, 3.8) is 0 Å². The second-order valence-electron chi connectivity index (χ2n) is 2.17. The smallest absolute Gasteiger partial charge is 0.242 e. The average Bonchev–Trinajstić information content (AvgIpc) is 2.57. The van der Waals surface area contributed by atoms with E-state index in [0.717, 1.165) is 0 Å². The summed E-state index contributed by atoms with van der Waals surface area (Å²) in [5.74, 6) is -0.229. The minimum absolute atomic E-state index is 0.141. The molecule has 2 rings (SSSR count). The van der Waals surface area contributed by atoms with E-state index in [1.807, 2.05) is 0 Å². The van der Waals surface area contributed by atoms with Crippen LogP contribution in [0.5, 0.6) is 0 Å². The number of rotatable bonds is 1. The first-order chi connectivity index (χ1) is 5.88. The lowest BCUT2D eigenvalue weighted by molar-refractivity contribution is 0.548. The van der Waals surface area contributed by atoms with E-state index in [1.54, 1.807) is 12.1 Å². The first-order valence-corrected chi connectivity index (χ1v) is 3.38. The maximum absolute atomic E-state index is 12.9. The van der Waals surface area contributed by atoms with Crippen LogP contribution in [-0.4, -0.2) is 9.97 Å². The number of aromatic nitrogens is 2. The molecule has 12 heavy (non-hydrogen) atoms. The zero-order valence-electron chi connectivity index (χ0n) is 6.07. The highest BCUT2D eigenvalue weighted by Crippen LogP contribution is 2.17. The molecule has 0 amide bonds. The predicted octanol–water partition coefficient (Wildman–Crippen LogP) is 1.88. The lowest BCUT2D eigenvalue weighted by Gasteiger charge is -1.94. The van der Waals surface area contributed by atoms with Crippen LogP contribution in [0.2, 0.25) is 0 Å². The summed E-state index contributed by atoms with van der Waals surface area (Å²) >= 11 is 0. The fraction of sp³-hybridized carbons (Fsp3) is 0. The van der Waals surface area contributed by atoms with Crippen LogP contribution in [0.3, 0.4) is 0 Å². The van der Waals surface area contributed by atoms with Crippen molar-refractivity contribution in [2.75, 3.05) is 0 Å². The minimum atomic E-state index is -0.618. The number of hydrogen-bond acceptors (Lipinski definition) is 3. The summed E-state index contributed by atoms with van der Waals surface area (Å²) in [4.78, 5) is 7.24. The van der Waals surface area contributed by atoms with Crippen molar-refractivity contribution < 1.29 is 8.81 Å². The maximum Gasteiger partial charge on any atom is 0.242 e. The highest BCUT2D eigenvalue weighted by Gasteiger charge is 2.08. The van der Waals surface area contributed by atoms with Gasteiger partial charge in [0.05, 0.1) is 6.26 Å². The third kappa shape index (κ3) is 1.07. The van der Waals surface area contributed by atoms with Crippen LogP contribution in [0.4, 0.5) is 4.39 Å². The highest BCUT2D eigenvalue weighted by molar-refractivity contribution is 5.50. The van der Waals surface area contributed by atoms with Gasteiger partial charge < -0.3 is 4.42 Å². The summed E-state index contributed by atoms with van der Waals surface area (Å²) in [6.45, 7) is 0. The van der Waals surface area contributed by atoms with E-state index in [9.17, 15) is 4.39 Å². The molecule has 0 radical (unpaired) electrons. The number of furan rings is 1. The van der Waals surface area contributed by atoms with E-state index in [2.05, 4.69) is 9.97 Å². The zero-order valence-corrected chi connectivity index (χ0v) is 6.07. The number of nitrogens with zero attached hydrogens (tertiary/aromatic N) is 2. The van der Waals surface area contributed by atoms with Gasteiger partial charge in [0.15, 0.2) is 11.5 Å². The SMILES string of the molecule is Fc1nccnc1-c1ccco1. The van der Waals surface area contributed by atoms with Gasteiger partial charge in [0, 0.05) is 12.4 Å². The van der Waals surface area contributed by atoms with E-state index in [1.165, 1.54) is 18.7 Å². The molecule has 0 saturated heterocycles. The molecular weight excluding hydrogens is 159 g/mol. The van der Waals surface area contributed by atoms with Gasteiger partial charge in [-0.1, -0.05) is 0 Å². The van der Waals surface area contributed by atoms with Gasteiger partial charge in [0.2, 0.25) is 5.95 Å². The van der Waals surface area contributed by atoms with Crippen LogP contribution in [0, 0.1) is 5.95 Å². The van der Waals surface area contributed by atoms with E-state index >= 15 is 0 Å². The Balaban J connectivity index is 2.55. The number of halogens is 1. The molecule has 2 aromatic heterocycles. The molecule has 2 aromatic rings. The molecule has 3 nitrogen and oxygen atoms in total. The fourth-order valence-electron chi connectivity index (χ4n) is 0.900. The Hall–Kier alpha value is -1.71. The molecule has 0 aromatic carbocycles. The lowest BCUT2D eigenvalue weighted by atomic mass is 10.3. The molecule has 0 unspecified atom stereocenters. The molecule has 0 aliphatic rings. The second kappa shape index (κ2) is 2.73. The Morgan fingerprint density at radius 2 is 2.08 bits per heavy atom. The summed E-state index contributed by atoms with van der Waals surface area (Å²) in [6.07, 6.45) is 4.17.